The Labute approximate surface area is 69.9 Å². The highest BCUT2D eigenvalue weighted by Gasteiger charge is 1.91. The zero-order valence-electron chi connectivity index (χ0n) is 6.74. The third-order valence-corrected chi connectivity index (χ3v) is 1.23. The molecule has 0 saturated carbocycles. The number of amides is 1. The van der Waals surface area contributed by atoms with E-state index in [2.05, 4.69) is 20.5 Å². The first-order chi connectivity index (χ1) is 5.83. The summed E-state index contributed by atoms with van der Waals surface area (Å²) in [6.07, 6.45) is 5.09. The molecule has 0 aromatic carbocycles. The number of aromatic amines is 1. The molecule has 1 aromatic rings. The zero-order valence-corrected chi connectivity index (χ0v) is 6.74. The first-order valence-corrected chi connectivity index (χ1v) is 3.63. The minimum atomic E-state index is -0.106. The summed E-state index contributed by atoms with van der Waals surface area (Å²) in [7, 11) is 0. The molecule has 1 heterocycles. The normalized spacial score (nSPS) is 10.4. The summed E-state index contributed by atoms with van der Waals surface area (Å²) >= 11 is 0. The maximum Gasteiger partial charge on any atom is 0.239 e. The van der Waals surface area contributed by atoms with Gasteiger partial charge in [0.2, 0.25) is 5.91 Å². The molecule has 64 valence electrons. The molecule has 0 atom stereocenters. The van der Waals surface area contributed by atoms with Crippen LogP contribution in [0, 0.1) is 0 Å². The molecule has 12 heavy (non-hydrogen) atoms. The van der Waals surface area contributed by atoms with Gasteiger partial charge >= 0.3 is 0 Å². The Hall–Kier alpha value is -1.65. The van der Waals surface area contributed by atoms with Crippen molar-refractivity contribution in [1.29, 1.82) is 0 Å². The van der Waals surface area contributed by atoms with Gasteiger partial charge in [-0.15, -0.1) is 0 Å². The Morgan fingerprint density at radius 2 is 2.75 bits per heavy atom. The lowest BCUT2D eigenvalue weighted by atomic mass is 10.5. The minimum Gasteiger partial charge on any atom is -0.344 e. The van der Waals surface area contributed by atoms with E-state index in [0.717, 1.165) is 5.69 Å². The molecular formula is C7H10N4O. The molecular weight excluding hydrogens is 156 g/mol. The van der Waals surface area contributed by atoms with Gasteiger partial charge in [-0.05, 0) is 0 Å². The number of hydrazone groups is 1. The number of aromatic nitrogens is 2. The van der Waals surface area contributed by atoms with E-state index in [0.29, 0.717) is 6.42 Å². The lowest BCUT2D eigenvalue weighted by Crippen LogP contribution is -2.15. The summed E-state index contributed by atoms with van der Waals surface area (Å²) in [6, 6.07) is 0. The minimum absolute atomic E-state index is 0.106. The van der Waals surface area contributed by atoms with Gasteiger partial charge in [-0.3, -0.25) is 4.79 Å². The predicted octanol–water partition coefficient (Wildman–Crippen LogP) is 0.270. The van der Waals surface area contributed by atoms with Crippen molar-refractivity contribution in [3.8, 4) is 0 Å². The monoisotopic (exact) mass is 166 g/mol. The third-order valence-electron chi connectivity index (χ3n) is 1.23. The molecule has 0 bridgehead atoms. The zero-order chi connectivity index (χ0) is 8.81. The Kier molecular flexibility index (Phi) is 3.01. The van der Waals surface area contributed by atoms with Gasteiger partial charge in [0.1, 0.15) is 0 Å². The van der Waals surface area contributed by atoms with E-state index in [-0.39, 0.29) is 5.91 Å². The average Bonchev–Trinajstić information content (AvgIpc) is 2.57. The number of hydrogen-bond acceptors (Lipinski definition) is 3. The average molecular weight is 166 g/mol. The van der Waals surface area contributed by atoms with Crippen LogP contribution >= 0.6 is 0 Å². The van der Waals surface area contributed by atoms with Crippen molar-refractivity contribution >= 4 is 12.1 Å². The van der Waals surface area contributed by atoms with Crippen LogP contribution in [0.5, 0.6) is 0 Å². The molecule has 1 aromatic heterocycles. The van der Waals surface area contributed by atoms with Gasteiger partial charge in [-0.2, -0.15) is 5.10 Å². The summed E-state index contributed by atoms with van der Waals surface area (Å²) < 4.78 is 0. The Morgan fingerprint density at radius 1 is 1.92 bits per heavy atom. The molecule has 0 saturated heterocycles. The highest BCUT2D eigenvalue weighted by atomic mass is 16.2. The molecule has 0 radical (unpaired) electrons. The largest absolute Gasteiger partial charge is 0.344 e. The van der Waals surface area contributed by atoms with Gasteiger partial charge in [0.25, 0.3) is 0 Å². The Morgan fingerprint density at radius 3 is 3.33 bits per heavy atom. The number of rotatable bonds is 3. The number of carbonyl (C=O) groups excluding carboxylic acids is 1. The second-order valence-corrected chi connectivity index (χ2v) is 2.15. The molecule has 0 fully saturated rings. The van der Waals surface area contributed by atoms with E-state index in [4.69, 9.17) is 0 Å². The number of nitrogens with one attached hydrogen (secondary N) is 2. The van der Waals surface area contributed by atoms with E-state index in [1.807, 2.05) is 0 Å². The van der Waals surface area contributed by atoms with Gasteiger partial charge in [-0.1, -0.05) is 6.92 Å². The van der Waals surface area contributed by atoms with Crippen molar-refractivity contribution in [2.45, 2.75) is 13.3 Å². The smallest absolute Gasteiger partial charge is 0.239 e. The lowest BCUT2D eigenvalue weighted by Gasteiger charge is -1.91. The van der Waals surface area contributed by atoms with Gasteiger partial charge in [-0.25, -0.2) is 10.4 Å². The molecule has 0 aliphatic rings. The highest BCUT2D eigenvalue weighted by Crippen LogP contribution is 1.83. The molecule has 5 heteroatoms. The maximum absolute atomic E-state index is 10.7. The van der Waals surface area contributed by atoms with Crippen molar-refractivity contribution in [3.05, 3.63) is 18.2 Å². The Bertz CT molecular complexity index is 265. The molecule has 1 rings (SSSR count). The number of hydrogen-bond donors (Lipinski definition) is 2. The van der Waals surface area contributed by atoms with E-state index in [1.54, 1.807) is 19.4 Å². The van der Waals surface area contributed by atoms with Crippen LogP contribution < -0.4 is 5.43 Å². The summed E-state index contributed by atoms with van der Waals surface area (Å²) in [4.78, 5) is 17.3. The Balaban J connectivity index is 2.37. The first kappa shape index (κ1) is 8.45. The van der Waals surface area contributed by atoms with E-state index in [9.17, 15) is 4.79 Å². The quantitative estimate of drug-likeness (QED) is 0.499. The molecule has 0 aliphatic heterocycles. The SMILES string of the molecule is CCC(=O)N/N=C/c1cnc[nH]1. The number of carbonyl (C=O) groups is 1. The fourth-order valence-corrected chi connectivity index (χ4v) is 0.590. The molecule has 0 unspecified atom stereocenters. The predicted molar refractivity (Wildman–Crippen MR) is 44.6 cm³/mol. The summed E-state index contributed by atoms with van der Waals surface area (Å²) in [5.41, 5.74) is 3.11. The van der Waals surface area contributed by atoms with Crippen molar-refractivity contribution in [1.82, 2.24) is 15.4 Å². The van der Waals surface area contributed by atoms with Gasteiger partial charge in [0.05, 0.1) is 24.4 Å². The van der Waals surface area contributed by atoms with Crippen LogP contribution in [0.15, 0.2) is 17.6 Å². The third kappa shape index (κ3) is 2.53. The number of H-pyrrole nitrogens is 1. The second-order valence-electron chi connectivity index (χ2n) is 2.15. The maximum atomic E-state index is 10.7. The number of imidazole rings is 1. The van der Waals surface area contributed by atoms with E-state index in [1.165, 1.54) is 6.21 Å². The summed E-state index contributed by atoms with van der Waals surface area (Å²) in [5.74, 6) is -0.106. The van der Waals surface area contributed by atoms with Crippen LogP contribution in [-0.2, 0) is 4.79 Å². The van der Waals surface area contributed by atoms with Crippen LogP contribution in [0.3, 0.4) is 0 Å². The molecule has 5 nitrogen and oxygen atoms in total. The van der Waals surface area contributed by atoms with E-state index >= 15 is 0 Å². The van der Waals surface area contributed by atoms with Crippen molar-refractivity contribution < 1.29 is 4.79 Å². The van der Waals surface area contributed by atoms with Crippen molar-refractivity contribution in [3.63, 3.8) is 0 Å². The highest BCUT2D eigenvalue weighted by molar-refractivity contribution is 5.80. The molecule has 2 N–H and O–H groups in total. The summed E-state index contributed by atoms with van der Waals surface area (Å²) in [6.45, 7) is 1.76. The van der Waals surface area contributed by atoms with Crippen LogP contribution in [0.2, 0.25) is 0 Å². The van der Waals surface area contributed by atoms with E-state index < -0.39 is 0 Å². The summed E-state index contributed by atoms with van der Waals surface area (Å²) in [5, 5.41) is 3.69. The molecule has 0 spiro atoms. The number of nitrogens with zero attached hydrogens (tertiary/aromatic N) is 2. The molecule has 1 amide bonds. The van der Waals surface area contributed by atoms with Crippen LogP contribution in [0.1, 0.15) is 19.0 Å². The van der Waals surface area contributed by atoms with Crippen LogP contribution in [0.4, 0.5) is 0 Å². The van der Waals surface area contributed by atoms with Gasteiger partial charge in [0.15, 0.2) is 0 Å². The standard InChI is InChI=1S/C7H10N4O/c1-2-7(12)11-10-4-6-3-8-5-9-6/h3-5H,2H2,1H3,(H,8,9)(H,11,12)/b10-4+. The molecule has 0 aliphatic carbocycles. The fourth-order valence-electron chi connectivity index (χ4n) is 0.590. The van der Waals surface area contributed by atoms with Crippen molar-refractivity contribution in [2.24, 2.45) is 5.10 Å². The van der Waals surface area contributed by atoms with Crippen LogP contribution in [-0.4, -0.2) is 22.1 Å². The van der Waals surface area contributed by atoms with Gasteiger partial charge in [0, 0.05) is 6.42 Å². The van der Waals surface area contributed by atoms with Gasteiger partial charge < -0.3 is 4.98 Å². The lowest BCUT2D eigenvalue weighted by molar-refractivity contribution is -0.120. The fraction of sp³-hybridized carbons (Fsp3) is 0.286. The van der Waals surface area contributed by atoms with Crippen LogP contribution in [0.25, 0.3) is 0 Å². The van der Waals surface area contributed by atoms with Crippen molar-refractivity contribution in [2.75, 3.05) is 0 Å². The topological polar surface area (TPSA) is 70.1 Å². The second kappa shape index (κ2) is 4.27. The first-order valence-electron chi connectivity index (χ1n) is 3.63.